The molecule has 4 fully saturated rings. The van der Waals surface area contributed by atoms with Crippen molar-refractivity contribution in [2.75, 3.05) is 28.6 Å². The van der Waals surface area contributed by atoms with E-state index in [9.17, 15) is 13.2 Å². The standard InChI is InChI=1S/C28H34N2O3S/c1-34(32,33)30(19-27(31)29-12-4-6-23-5-2-3-7-26(23)29)25-10-8-24(9-11-25)28-16-20-13-21(17-28)15-22(14-20)18-28/h2-3,5,7-11,20-22H,4,6,12-19H2,1H3. The van der Waals surface area contributed by atoms with Gasteiger partial charge in [-0.2, -0.15) is 0 Å². The number of benzene rings is 2. The lowest BCUT2D eigenvalue weighted by molar-refractivity contribution is -0.117. The summed E-state index contributed by atoms with van der Waals surface area (Å²) in [6.07, 6.45) is 11.1. The van der Waals surface area contributed by atoms with Crippen LogP contribution in [0.5, 0.6) is 0 Å². The molecular formula is C28H34N2O3S. The fourth-order valence-electron chi connectivity index (χ4n) is 7.85. The van der Waals surface area contributed by atoms with E-state index in [1.54, 1.807) is 4.90 Å². The Balaban J connectivity index is 1.25. The molecule has 5 aliphatic rings. The molecule has 0 N–H and O–H groups in total. The largest absolute Gasteiger partial charge is 0.311 e. The van der Waals surface area contributed by atoms with Crippen molar-refractivity contribution < 1.29 is 13.2 Å². The number of aryl methyl sites for hydroxylation is 1. The van der Waals surface area contributed by atoms with Gasteiger partial charge in [-0.15, -0.1) is 0 Å². The minimum Gasteiger partial charge on any atom is -0.311 e. The Morgan fingerprint density at radius 3 is 2.21 bits per heavy atom. The first-order valence-corrected chi connectivity index (χ1v) is 14.6. The van der Waals surface area contributed by atoms with Gasteiger partial charge in [-0.3, -0.25) is 9.10 Å². The molecule has 34 heavy (non-hydrogen) atoms. The monoisotopic (exact) mass is 478 g/mol. The average molecular weight is 479 g/mol. The van der Waals surface area contributed by atoms with Gasteiger partial charge in [-0.25, -0.2) is 8.42 Å². The van der Waals surface area contributed by atoms with Gasteiger partial charge in [-0.1, -0.05) is 30.3 Å². The van der Waals surface area contributed by atoms with Crippen molar-refractivity contribution in [2.45, 2.75) is 56.8 Å². The van der Waals surface area contributed by atoms with Gasteiger partial charge in [0.25, 0.3) is 0 Å². The SMILES string of the molecule is CS(=O)(=O)N(CC(=O)N1CCCc2ccccc21)c1ccc(C23CC4CC(CC(C4)C2)C3)cc1. The second kappa shape index (κ2) is 8.11. The van der Waals surface area contributed by atoms with Crippen molar-refractivity contribution in [2.24, 2.45) is 17.8 Å². The maximum Gasteiger partial charge on any atom is 0.247 e. The molecule has 0 atom stereocenters. The zero-order valence-corrected chi connectivity index (χ0v) is 20.8. The van der Waals surface area contributed by atoms with Gasteiger partial charge in [0.2, 0.25) is 15.9 Å². The predicted molar refractivity (Wildman–Crippen MR) is 136 cm³/mol. The number of para-hydroxylation sites is 1. The number of hydrogen-bond acceptors (Lipinski definition) is 3. The van der Waals surface area contributed by atoms with Crippen molar-refractivity contribution in [1.82, 2.24) is 0 Å². The van der Waals surface area contributed by atoms with Crippen LogP contribution in [0.25, 0.3) is 0 Å². The summed E-state index contributed by atoms with van der Waals surface area (Å²) < 4.78 is 26.8. The van der Waals surface area contributed by atoms with Crippen molar-refractivity contribution in [3.05, 3.63) is 59.7 Å². The minimum atomic E-state index is -3.60. The summed E-state index contributed by atoms with van der Waals surface area (Å²) in [6.45, 7) is 0.447. The van der Waals surface area contributed by atoms with Crippen LogP contribution in [-0.2, 0) is 26.7 Å². The normalized spacial score (nSPS) is 29.7. The lowest BCUT2D eigenvalue weighted by Crippen LogP contribution is -2.48. The van der Waals surface area contributed by atoms with Gasteiger partial charge in [0, 0.05) is 12.2 Å². The summed E-state index contributed by atoms with van der Waals surface area (Å²) >= 11 is 0. The van der Waals surface area contributed by atoms with E-state index in [-0.39, 0.29) is 17.9 Å². The van der Waals surface area contributed by atoms with Crippen LogP contribution in [-0.4, -0.2) is 33.7 Å². The highest BCUT2D eigenvalue weighted by Crippen LogP contribution is 2.60. The van der Waals surface area contributed by atoms with Crippen molar-refractivity contribution in [3.63, 3.8) is 0 Å². The van der Waals surface area contributed by atoms with E-state index in [0.29, 0.717) is 12.2 Å². The smallest absolute Gasteiger partial charge is 0.247 e. The summed E-state index contributed by atoms with van der Waals surface area (Å²) in [5, 5.41) is 0. The van der Waals surface area contributed by atoms with E-state index in [0.717, 1.165) is 41.8 Å². The third kappa shape index (κ3) is 3.84. The highest BCUT2D eigenvalue weighted by atomic mass is 32.2. The number of nitrogens with zero attached hydrogens (tertiary/aromatic N) is 2. The van der Waals surface area contributed by atoms with Crippen molar-refractivity contribution in [1.29, 1.82) is 0 Å². The summed E-state index contributed by atoms with van der Waals surface area (Å²) in [4.78, 5) is 15.1. The molecule has 0 spiro atoms. The van der Waals surface area contributed by atoms with Crippen LogP contribution in [0.15, 0.2) is 48.5 Å². The molecule has 1 heterocycles. The van der Waals surface area contributed by atoms with Gasteiger partial charge in [0.05, 0.1) is 11.9 Å². The summed E-state index contributed by atoms with van der Waals surface area (Å²) in [5.74, 6) is 2.41. The molecule has 5 nitrogen and oxygen atoms in total. The number of fused-ring (bicyclic) bond motifs is 1. The Hall–Kier alpha value is -2.34. The Morgan fingerprint density at radius 1 is 0.971 bits per heavy atom. The van der Waals surface area contributed by atoms with Crippen LogP contribution in [0.4, 0.5) is 11.4 Å². The molecule has 1 amide bonds. The first-order valence-electron chi connectivity index (χ1n) is 12.8. The lowest BCUT2D eigenvalue weighted by Gasteiger charge is -2.57. The Kier molecular flexibility index (Phi) is 5.28. The zero-order valence-electron chi connectivity index (χ0n) is 19.9. The maximum atomic E-state index is 13.3. The maximum absolute atomic E-state index is 13.3. The van der Waals surface area contributed by atoms with Crippen LogP contribution >= 0.6 is 0 Å². The van der Waals surface area contributed by atoms with Gasteiger partial charge >= 0.3 is 0 Å². The highest BCUT2D eigenvalue weighted by molar-refractivity contribution is 7.92. The van der Waals surface area contributed by atoms with Crippen LogP contribution in [0.1, 0.15) is 56.1 Å². The fraction of sp³-hybridized carbons (Fsp3) is 0.536. The van der Waals surface area contributed by atoms with Gasteiger partial charge < -0.3 is 4.90 Å². The number of carbonyl (C=O) groups is 1. The lowest BCUT2D eigenvalue weighted by atomic mass is 9.48. The molecule has 0 unspecified atom stereocenters. The van der Waals surface area contributed by atoms with Crippen LogP contribution in [0, 0.1) is 17.8 Å². The minimum absolute atomic E-state index is 0.177. The van der Waals surface area contributed by atoms with E-state index in [1.165, 1.54) is 54.6 Å². The zero-order chi connectivity index (χ0) is 23.5. The molecule has 4 bridgehead atoms. The molecule has 2 aromatic rings. The fourth-order valence-corrected chi connectivity index (χ4v) is 8.70. The van der Waals surface area contributed by atoms with E-state index >= 15 is 0 Å². The molecule has 180 valence electrons. The Labute approximate surface area is 203 Å². The first-order chi connectivity index (χ1) is 16.3. The van der Waals surface area contributed by atoms with Crippen LogP contribution in [0.2, 0.25) is 0 Å². The van der Waals surface area contributed by atoms with Gasteiger partial charge in [0.15, 0.2) is 0 Å². The molecule has 7 rings (SSSR count). The second-order valence-corrected chi connectivity index (χ2v) is 13.2. The van der Waals surface area contributed by atoms with Crippen LogP contribution in [0.3, 0.4) is 0 Å². The molecule has 0 radical (unpaired) electrons. The molecule has 4 aliphatic carbocycles. The second-order valence-electron chi connectivity index (χ2n) is 11.3. The van der Waals surface area contributed by atoms with Crippen LogP contribution < -0.4 is 9.21 Å². The van der Waals surface area contributed by atoms with Crippen molar-refractivity contribution in [3.8, 4) is 0 Å². The molecular weight excluding hydrogens is 444 g/mol. The number of rotatable bonds is 5. The number of amides is 1. The predicted octanol–water partition coefficient (Wildman–Crippen LogP) is 4.90. The summed E-state index contributed by atoms with van der Waals surface area (Å²) in [6, 6.07) is 16.0. The van der Waals surface area contributed by atoms with E-state index in [2.05, 4.69) is 12.1 Å². The van der Waals surface area contributed by atoms with Gasteiger partial charge in [-0.05, 0) is 104 Å². The Morgan fingerprint density at radius 2 is 1.59 bits per heavy atom. The topological polar surface area (TPSA) is 57.7 Å². The highest BCUT2D eigenvalue weighted by Gasteiger charge is 2.51. The number of anilines is 2. The number of carbonyl (C=O) groups excluding carboxylic acids is 1. The van der Waals surface area contributed by atoms with Crippen molar-refractivity contribution >= 4 is 27.3 Å². The third-order valence-corrected chi connectivity index (χ3v) is 10.0. The van der Waals surface area contributed by atoms with E-state index in [1.807, 2.05) is 36.4 Å². The van der Waals surface area contributed by atoms with E-state index in [4.69, 9.17) is 0 Å². The van der Waals surface area contributed by atoms with E-state index < -0.39 is 10.0 Å². The molecule has 1 aliphatic heterocycles. The number of hydrogen-bond donors (Lipinski definition) is 0. The molecule has 2 aromatic carbocycles. The quantitative estimate of drug-likeness (QED) is 0.614. The average Bonchev–Trinajstić information content (AvgIpc) is 2.80. The molecule has 0 aromatic heterocycles. The molecule has 6 heteroatoms. The summed E-state index contributed by atoms with van der Waals surface area (Å²) in [5.41, 5.74) is 4.27. The Bertz CT molecular complexity index is 1170. The first kappa shape index (κ1) is 22.1. The van der Waals surface area contributed by atoms with Gasteiger partial charge in [0.1, 0.15) is 6.54 Å². The molecule has 4 saturated carbocycles. The number of sulfonamides is 1. The third-order valence-electron chi connectivity index (χ3n) is 8.90. The summed E-state index contributed by atoms with van der Waals surface area (Å²) in [7, 11) is -3.60. The molecule has 0 saturated heterocycles.